The monoisotopic (exact) mass is 239 g/mol. The van der Waals surface area contributed by atoms with Crippen LogP contribution < -0.4 is 4.74 Å². The van der Waals surface area contributed by atoms with Gasteiger partial charge in [0.25, 0.3) is 0 Å². The third-order valence-electron chi connectivity index (χ3n) is 3.33. The second-order valence-corrected chi connectivity index (χ2v) is 4.34. The van der Waals surface area contributed by atoms with Gasteiger partial charge in [0, 0.05) is 29.8 Å². The van der Waals surface area contributed by atoms with Crippen molar-refractivity contribution < 1.29 is 9.53 Å². The average molecular weight is 239 g/mol. The van der Waals surface area contributed by atoms with E-state index in [0.717, 1.165) is 28.7 Å². The second kappa shape index (κ2) is 4.26. The minimum absolute atomic E-state index is 0.244. The molecule has 3 nitrogen and oxygen atoms in total. The Morgan fingerprint density at radius 3 is 2.67 bits per heavy atom. The highest BCUT2D eigenvalue weighted by Crippen LogP contribution is 2.32. The van der Waals surface area contributed by atoms with E-state index in [-0.39, 0.29) is 5.78 Å². The topological polar surface area (TPSA) is 39.2 Å². The number of carbonyl (C=O) groups excluding carboxylic acids is 1. The number of Topliss-reactive ketones (excluding diaryl/α,β-unsaturated/α-hetero) is 1. The number of rotatable bonds is 2. The van der Waals surface area contributed by atoms with Crippen molar-refractivity contribution in [3.63, 3.8) is 0 Å². The first-order valence-electron chi connectivity index (χ1n) is 5.95. The molecule has 0 bridgehead atoms. The van der Waals surface area contributed by atoms with Crippen molar-refractivity contribution in [3.05, 3.63) is 47.7 Å². The molecule has 1 aliphatic rings. The molecule has 0 fully saturated rings. The molecule has 0 amide bonds. The molecule has 3 heteroatoms. The highest BCUT2D eigenvalue weighted by molar-refractivity contribution is 6.02. The molecule has 1 aromatic heterocycles. The minimum Gasteiger partial charge on any atom is -0.481 e. The van der Waals surface area contributed by atoms with Crippen LogP contribution in [0.25, 0.3) is 11.1 Å². The van der Waals surface area contributed by atoms with Gasteiger partial charge in [-0.3, -0.25) is 4.79 Å². The number of nitrogens with zero attached hydrogens (tertiary/aromatic N) is 1. The van der Waals surface area contributed by atoms with Crippen LogP contribution in [-0.4, -0.2) is 17.9 Å². The number of methoxy groups -OCH3 is 1. The van der Waals surface area contributed by atoms with E-state index >= 15 is 0 Å². The molecule has 0 atom stereocenters. The number of benzene rings is 1. The number of aromatic nitrogens is 1. The van der Waals surface area contributed by atoms with Crippen molar-refractivity contribution in [1.82, 2.24) is 4.98 Å². The lowest BCUT2D eigenvalue weighted by molar-refractivity contribution is 0.0994. The second-order valence-electron chi connectivity index (χ2n) is 4.34. The summed E-state index contributed by atoms with van der Waals surface area (Å²) in [6, 6.07) is 9.70. The first-order valence-corrected chi connectivity index (χ1v) is 5.95. The standard InChI is InChI=1S/C15H13NO2/c1-18-15-8-5-10(9-16-15)11-3-2-4-13-12(11)6-7-14(13)17/h2-5,8-9H,6-7H2,1H3. The fourth-order valence-corrected chi connectivity index (χ4v) is 2.42. The molecule has 0 saturated heterocycles. The maximum Gasteiger partial charge on any atom is 0.212 e. The Labute approximate surface area is 105 Å². The Balaban J connectivity index is 2.09. The summed E-state index contributed by atoms with van der Waals surface area (Å²) in [5, 5.41) is 0. The van der Waals surface area contributed by atoms with Gasteiger partial charge in [-0.25, -0.2) is 4.98 Å². The Bertz CT molecular complexity index is 602. The van der Waals surface area contributed by atoms with Crippen LogP contribution in [0.2, 0.25) is 0 Å². The number of fused-ring (bicyclic) bond motifs is 1. The molecule has 0 spiro atoms. The summed E-state index contributed by atoms with van der Waals surface area (Å²) in [5.41, 5.74) is 4.15. The van der Waals surface area contributed by atoms with E-state index in [2.05, 4.69) is 4.98 Å². The van der Waals surface area contributed by atoms with Gasteiger partial charge in [0.15, 0.2) is 5.78 Å². The van der Waals surface area contributed by atoms with E-state index in [4.69, 9.17) is 4.74 Å². The molecule has 0 N–H and O–H groups in total. The van der Waals surface area contributed by atoms with Crippen molar-refractivity contribution in [1.29, 1.82) is 0 Å². The van der Waals surface area contributed by atoms with Crippen molar-refractivity contribution in [3.8, 4) is 17.0 Å². The van der Waals surface area contributed by atoms with E-state index in [9.17, 15) is 4.79 Å². The molecule has 0 saturated carbocycles. The number of hydrogen-bond donors (Lipinski definition) is 0. The zero-order valence-corrected chi connectivity index (χ0v) is 10.1. The van der Waals surface area contributed by atoms with E-state index in [1.165, 1.54) is 0 Å². The van der Waals surface area contributed by atoms with E-state index in [1.54, 1.807) is 13.3 Å². The van der Waals surface area contributed by atoms with Gasteiger partial charge in [-0.1, -0.05) is 18.2 Å². The fourth-order valence-electron chi connectivity index (χ4n) is 2.42. The van der Waals surface area contributed by atoms with E-state index < -0.39 is 0 Å². The molecule has 0 unspecified atom stereocenters. The largest absolute Gasteiger partial charge is 0.481 e. The Kier molecular flexibility index (Phi) is 2.59. The van der Waals surface area contributed by atoms with Crippen LogP contribution >= 0.6 is 0 Å². The SMILES string of the molecule is COc1ccc(-c2cccc3c2CCC3=O)cn1. The lowest BCUT2D eigenvalue weighted by Crippen LogP contribution is -1.93. The predicted octanol–water partition coefficient (Wildman–Crippen LogP) is 2.89. The van der Waals surface area contributed by atoms with Crippen LogP contribution in [0.15, 0.2) is 36.5 Å². The maximum atomic E-state index is 11.7. The molecule has 18 heavy (non-hydrogen) atoms. The van der Waals surface area contributed by atoms with E-state index in [1.807, 2.05) is 30.3 Å². The number of carbonyl (C=O) groups is 1. The van der Waals surface area contributed by atoms with Crippen LogP contribution in [0.5, 0.6) is 5.88 Å². The van der Waals surface area contributed by atoms with Crippen LogP contribution in [0.3, 0.4) is 0 Å². The molecule has 1 aliphatic carbocycles. The van der Waals surface area contributed by atoms with E-state index in [0.29, 0.717) is 12.3 Å². The van der Waals surface area contributed by atoms with Crippen molar-refractivity contribution in [2.75, 3.05) is 7.11 Å². The smallest absolute Gasteiger partial charge is 0.212 e. The molecule has 1 heterocycles. The third-order valence-corrected chi connectivity index (χ3v) is 3.33. The summed E-state index contributed by atoms with van der Waals surface area (Å²) in [6.45, 7) is 0. The normalized spacial score (nSPS) is 13.5. The Morgan fingerprint density at radius 2 is 1.94 bits per heavy atom. The Hall–Kier alpha value is -2.16. The summed E-state index contributed by atoms with van der Waals surface area (Å²) >= 11 is 0. The molecule has 90 valence electrons. The van der Waals surface area contributed by atoms with Gasteiger partial charge in [-0.2, -0.15) is 0 Å². The summed E-state index contributed by atoms with van der Waals surface area (Å²) < 4.78 is 5.05. The molecule has 3 rings (SSSR count). The van der Waals surface area contributed by atoms with Crippen LogP contribution in [-0.2, 0) is 6.42 Å². The van der Waals surface area contributed by atoms with Gasteiger partial charge in [0.1, 0.15) is 0 Å². The highest BCUT2D eigenvalue weighted by Gasteiger charge is 2.22. The lowest BCUT2D eigenvalue weighted by atomic mass is 9.98. The maximum absolute atomic E-state index is 11.7. The zero-order valence-electron chi connectivity index (χ0n) is 10.1. The van der Waals surface area contributed by atoms with Crippen molar-refractivity contribution >= 4 is 5.78 Å². The molecule has 2 aromatic rings. The van der Waals surface area contributed by atoms with Crippen LogP contribution in [0.4, 0.5) is 0 Å². The molecule has 0 aliphatic heterocycles. The summed E-state index contributed by atoms with van der Waals surface area (Å²) in [4.78, 5) is 15.9. The number of hydrogen-bond acceptors (Lipinski definition) is 3. The molecular weight excluding hydrogens is 226 g/mol. The highest BCUT2D eigenvalue weighted by atomic mass is 16.5. The van der Waals surface area contributed by atoms with Crippen LogP contribution in [0.1, 0.15) is 22.3 Å². The molecule has 1 aromatic carbocycles. The quantitative estimate of drug-likeness (QED) is 0.808. The summed E-state index contributed by atoms with van der Waals surface area (Å²) in [7, 11) is 1.60. The summed E-state index contributed by atoms with van der Waals surface area (Å²) in [6.07, 6.45) is 3.24. The summed E-state index contributed by atoms with van der Waals surface area (Å²) in [5.74, 6) is 0.843. The van der Waals surface area contributed by atoms with Gasteiger partial charge in [0.05, 0.1) is 7.11 Å². The first kappa shape index (κ1) is 11.0. The Morgan fingerprint density at radius 1 is 1.11 bits per heavy atom. The fraction of sp³-hybridized carbons (Fsp3) is 0.200. The van der Waals surface area contributed by atoms with Crippen molar-refractivity contribution in [2.24, 2.45) is 0 Å². The number of pyridine rings is 1. The van der Waals surface area contributed by atoms with Gasteiger partial charge >= 0.3 is 0 Å². The zero-order chi connectivity index (χ0) is 12.5. The number of ether oxygens (including phenoxy) is 1. The average Bonchev–Trinajstić information content (AvgIpc) is 2.81. The lowest BCUT2D eigenvalue weighted by Gasteiger charge is -2.08. The predicted molar refractivity (Wildman–Crippen MR) is 68.9 cm³/mol. The van der Waals surface area contributed by atoms with Gasteiger partial charge in [-0.15, -0.1) is 0 Å². The van der Waals surface area contributed by atoms with Crippen molar-refractivity contribution in [2.45, 2.75) is 12.8 Å². The number of ketones is 1. The first-order chi connectivity index (χ1) is 8.79. The molecular formula is C15H13NO2. The molecule has 0 radical (unpaired) electrons. The van der Waals surface area contributed by atoms with Gasteiger partial charge in [0.2, 0.25) is 5.88 Å². The van der Waals surface area contributed by atoms with Gasteiger partial charge in [-0.05, 0) is 23.6 Å². The third kappa shape index (κ3) is 1.68. The van der Waals surface area contributed by atoms with Gasteiger partial charge < -0.3 is 4.74 Å². The van der Waals surface area contributed by atoms with Crippen LogP contribution in [0, 0.1) is 0 Å². The minimum atomic E-state index is 0.244.